The fourth-order valence-electron chi connectivity index (χ4n) is 2.76. The Hall–Kier alpha value is -0.120. The van der Waals surface area contributed by atoms with E-state index in [0.717, 1.165) is 19.0 Å². The number of nitrogens with zero attached hydrogens (tertiary/aromatic N) is 2. The summed E-state index contributed by atoms with van der Waals surface area (Å²) in [6.07, 6.45) is 3.83. The van der Waals surface area contributed by atoms with E-state index in [1.165, 1.54) is 32.5 Å². The minimum atomic E-state index is 0.226. The van der Waals surface area contributed by atoms with Crippen LogP contribution < -0.4 is 5.73 Å². The molecule has 18 heavy (non-hydrogen) atoms. The maximum atomic E-state index is 6.22. The Labute approximate surface area is 114 Å². The largest absolute Gasteiger partial charge is 0.327 e. The molecule has 1 rings (SSSR count). The van der Waals surface area contributed by atoms with Crippen molar-refractivity contribution in [3.8, 4) is 0 Å². The third kappa shape index (κ3) is 4.87. The van der Waals surface area contributed by atoms with E-state index in [2.05, 4.69) is 44.5 Å². The van der Waals surface area contributed by atoms with Gasteiger partial charge in [-0.15, -0.1) is 0 Å². The Balaban J connectivity index is 2.27. The van der Waals surface area contributed by atoms with Crippen LogP contribution in [0.3, 0.4) is 0 Å². The first-order valence-electron chi connectivity index (χ1n) is 7.52. The van der Waals surface area contributed by atoms with Crippen molar-refractivity contribution in [2.45, 2.75) is 59.0 Å². The molecule has 0 amide bonds. The third-order valence-corrected chi connectivity index (χ3v) is 4.36. The van der Waals surface area contributed by atoms with Crippen molar-refractivity contribution < 1.29 is 0 Å². The van der Waals surface area contributed by atoms with Gasteiger partial charge < -0.3 is 10.6 Å². The van der Waals surface area contributed by atoms with Crippen molar-refractivity contribution in [3.63, 3.8) is 0 Å². The molecular weight excluding hydrogens is 222 g/mol. The van der Waals surface area contributed by atoms with Crippen LogP contribution in [-0.2, 0) is 0 Å². The van der Waals surface area contributed by atoms with Gasteiger partial charge in [0.25, 0.3) is 0 Å². The quantitative estimate of drug-likeness (QED) is 0.789. The molecule has 0 aliphatic carbocycles. The summed E-state index contributed by atoms with van der Waals surface area (Å²) in [6.45, 7) is 13.8. The SMILES string of the molecule is CCN1CCCC1CN(C)CCC(N)C(C)(C)C. The molecule has 0 aromatic carbocycles. The van der Waals surface area contributed by atoms with E-state index in [9.17, 15) is 0 Å². The van der Waals surface area contributed by atoms with Crippen LogP contribution >= 0.6 is 0 Å². The van der Waals surface area contributed by atoms with Gasteiger partial charge >= 0.3 is 0 Å². The van der Waals surface area contributed by atoms with Gasteiger partial charge in [0.05, 0.1) is 0 Å². The number of rotatable bonds is 6. The molecule has 1 heterocycles. The van der Waals surface area contributed by atoms with Crippen LogP contribution in [0.15, 0.2) is 0 Å². The fraction of sp³-hybridized carbons (Fsp3) is 1.00. The molecule has 1 aliphatic heterocycles. The number of likely N-dealkylation sites (N-methyl/N-ethyl adjacent to an activating group) is 2. The molecule has 3 nitrogen and oxygen atoms in total. The van der Waals surface area contributed by atoms with Crippen LogP contribution in [0.5, 0.6) is 0 Å². The summed E-state index contributed by atoms with van der Waals surface area (Å²) in [5.41, 5.74) is 6.45. The highest BCUT2D eigenvalue weighted by Gasteiger charge is 2.25. The molecule has 0 aromatic rings. The Bertz CT molecular complexity index is 234. The molecule has 3 heteroatoms. The first-order chi connectivity index (χ1) is 8.34. The van der Waals surface area contributed by atoms with Crippen molar-refractivity contribution >= 4 is 0 Å². The van der Waals surface area contributed by atoms with Crippen LogP contribution in [0.2, 0.25) is 0 Å². The van der Waals surface area contributed by atoms with Gasteiger partial charge in [0.15, 0.2) is 0 Å². The zero-order chi connectivity index (χ0) is 13.8. The third-order valence-electron chi connectivity index (χ3n) is 4.36. The van der Waals surface area contributed by atoms with E-state index in [0.29, 0.717) is 6.04 Å². The number of hydrogen-bond donors (Lipinski definition) is 1. The zero-order valence-electron chi connectivity index (χ0n) is 13.1. The zero-order valence-corrected chi connectivity index (χ0v) is 13.1. The van der Waals surface area contributed by atoms with Gasteiger partial charge in [0.1, 0.15) is 0 Å². The van der Waals surface area contributed by atoms with E-state index in [4.69, 9.17) is 5.73 Å². The van der Waals surface area contributed by atoms with E-state index in [1.807, 2.05) is 0 Å². The first-order valence-corrected chi connectivity index (χ1v) is 7.52. The lowest BCUT2D eigenvalue weighted by Gasteiger charge is -2.31. The second-order valence-corrected chi connectivity index (χ2v) is 6.95. The molecule has 2 N–H and O–H groups in total. The monoisotopic (exact) mass is 255 g/mol. The second kappa shape index (κ2) is 6.88. The topological polar surface area (TPSA) is 32.5 Å². The van der Waals surface area contributed by atoms with E-state index in [-0.39, 0.29) is 5.41 Å². The predicted molar refractivity (Wildman–Crippen MR) is 79.8 cm³/mol. The molecule has 1 aliphatic rings. The van der Waals surface area contributed by atoms with Gasteiger partial charge in [-0.25, -0.2) is 0 Å². The molecule has 0 radical (unpaired) electrons. The van der Waals surface area contributed by atoms with Crippen molar-refractivity contribution in [2.24, 2.45) is 11.1 Å². The van der Waals surface area contributed by atoms with E-state index >= 15 is 0 Å². The summed E-state index contributed by atoms with van der Waals surface area (Å²) in [5.74, 6) is 0. The number of likely N-dealkylation sites (tertiary alicyclic amines) is 1. The summed E-state index contributed by atoms with van der Waals surface area (Å²) in [7, 11) is 2.24. The van der Waals surface area contributed by atoms with Gasteiger partial charge in [-0.2, -0.15) is 0 Å². The fourth-order valence-corrected chi connectivity index (χ4v) is 2.76. The minimum Gasteiger partial charge on any atom is -0.327 e. The number of hydrogen-bond acceptors (Lipinski definition) is 3. The summed E-state index contributed by atoms with van der Waals surface area (Å²) < 4.78 is 0. The summed E-state index contributed by atoms with van der Waals surface area (Å²) in [6, 6.07) is 1.07. The molecule has 108 valence electrons. The molecular formula is C15H33N3. The van der Waals surface area contributed by atoms with Crippen LogP contribution in [0.1, 0.15) is 47.0 Å². The maximum Gasteiger partial charge on any atom is 0.0223 e. The Morgan fingerprint density at radius 1 is 1.39 bits per heavy atom. The summed E-state index contributed by atoms with van der Waals surface area (Å²) in [5, 5.41) is 0. The van der Waals surface area contributed by atoms with Crippen molar-refractivity contribution in [2.75, 3.05) is 33.2 Å². The van der Waals surface area contributed by atoms with Crippen LogP contribution in [0.25, 0.3) is 0 Å². The average Bonchev–Trinajstić information content (AvgIpc) is 2.71. The van der Waals surface area contributed by atoms with Crippen molar-refractivity contribution in [3.05, 3.63) is 0 Å². The van der Waals surface area contributed by atoms with Gasteiger partial charge in [-0.05, 0) is 51.4 Å². The lowest BCUT2D eigenvalue weighted by Crippen LogP contribution is -2.42. The summed E-state index contributed by atoms with van der Waals surface area (Å²) in [4.78, 5) is 5.07. The average molecular weight is 255 g/mol. The molecule has 0 aromatic heterocycles. The van der Waals surface area contributed by atoms with Gasteiger partial charge in [0, 0.05) is 18.6 Å². The Morgan fingerprint density at radius 3 is 2.61 bits per heavy atom. The lowest BCUT2D eigenvalue weighted by atomic mass is 9.85. The molecule has 0 saturated carbocycles. The van der Waals surface area contributed by atoms with Crippen molar-refractivity contribution in [1.29, 1.82) is 0 Å². The van der Waals surface area contributed by atoms with Gasteiger partial charge in [-0.3, -0.25) is 4.90 Å². The highest BCUT2D eigenvalue weighted by atomic mass is 15.2. The number of nitrogens with two attached hydrogens (primary N) is 1. The molecule has 0 spiro atoms. The standard InChI is InChI=1S/C15H33N3/c1-6-18-10-7-8-13(18)12-17(5)11-9-14(16)15(2,3)4/h13-14H,6-12,16H2,1-5H3. The minimum absolute atomic E-state index is 0.226. The molecule has 1 saturated heterocycles. The normalized spacial score (nSPS) is 23.8. The Kier molecular flexibility index (Phi) is 6.09. The summed E-state index contributed by atoms with van der Waals surface area (Å²) >= 11 is 0. The van der Waals surface area contributed by atoms with E-state index in [1.54, 1.807) is 0 Å². The molecule has 1 fully saturated rings. The smallest absolute Gasteiger partial charge is 0.0223 e. The second-order valence-electron chi connectivity index (χ2n) is 6.95. The first kappa shape index (κ1) is 15.9. The predicted octanol–water partition coefficient (Wildman–Crippen LogP) is 2.17. The highest BCUT2D eigenvalue weighted by Crippen LogP contribution is 2.21. The van der Waals surface area contributed by atoms with Gasteiger partial charge in [0.2, 0.25) is 0 Å². The van der Waals surface area contributed by atoms with Crippen LogP contribution in [0, 0.1) is 5.41 Å². The molecule has 2 atom stereocenters. The van der Waals surface area contributed by atoms with Crippen LogP contribution in [-0.4, -0.2) is 55.1 Å². The van der Waals surface area contributed by atoms with E-state index < -0.39 is 0 Å². The van der Waals surface area contributed by atoms with Crippen molar-refractivity contribution in [1.82, 2.24) is 9.80 Å². The van der Waals surface area contributed by atoms with Crippen LogP contribution in [0.4, 0.5) is 0 Å². The maximum absolute atomic E-state index is 6.22. The molecule has 0 bridgehead atoms. The molecule has 2 unspecified atom stereocenters. The van der Waals surface area contributed by atoms with Gasteiger partial charge in [-0.1, -0.05) is 27.7 Å². The lowest BCUT2D eigenvalue weighted by molar-refractivity contribution is 0.186. The Morgan fingerprint density at radius 2 is 2.06 bits per heavy atom. The highest BCUT2D eigenvalue weighted by molar-refractivity contribution is 4.82.